The maximum Gasteiger partial charge on any atom is -0.0207 e. The Kier molecular flexibility index (Phi) is 10.2. The van der Waals surface area contributed by atoms with Crippen LogP contribution in [0.5, 0.6) is 0 Å². The summed E-state index contributed by atoms with van der Waals surface area (Å²) in [5.74, 6) is 0. The summed E-state index contributed by atoms with van der Waals surface area (Å²) in [6, 6.07) is 0. The van der Waals surface area contributed by atoms with E-state index in [1.807, 2.05) is 0 Å². The first-order valence-electron chi connectivity index (χ1n) is 15.1. The number of hydrogen-bond acceptors (Lipinski definition) is 0. The van der Waals surface area contributed by atoms with Crippen molar-refractivity contribution in [2.75, 3.05) is 24.6 Å². The van der Waals surface area contributed by atoms with Crippen molar-refractivity contribution in [1.82, 2.24) is 0 Å². The van der Waals surface area contributed by atoms with Crippen LogP contribution in [0.15, 0.2) is 0 Å². The monoisotopic (exact) mass is 494 g/mol. The van der Waals surface area contributed by atoms with E-state index in [1.165, 1.54) is 28.3 Å². The van der Waals surface area contributed by atoms with E-state index in [0.29, 0.717) is 23.8 Å². The molecule has 0 aliphatic heterocycles. The Morgan fingerprint density at radius 1 is 0.312 bits per heavy atom. The predicted molar refractivity (Wildman–Crippen MR) is 152 cm³/mol. The lowest BCUT2D eigenvalue weighted by atomic mass is 10.4. The third-order valence-electron chi connectivity index (χ3n) is 10.3. The molecule has 0 atom stereocenters. The molecule has 0 nitrogen and oxygen atoms in total. The van der Waals surface area contributed by atoms with Crippen molar-refractivity contribution in [2.24, 2.45) is 0 Å². The summed E-state index contributed by atoms with van der Waals surface area (Å²) in [6.45, 7) is 0. The topological polar surface area (TPSA) is 0 Å². The van der Waals surface area contributed by atoms with E-state index < -0.39 is 0 Å². The van der Waals surface area contributed by atoms with Crippen molar-refractivity contribution in [3.05, 3.63) is 0 Å². The molecule has 5 aliphatic rings. The maximum absolute atomic E-state index is 1.72. The van der Waals surface area contributed by atoms with Crippen molar-refractivity contribution in [3.8, 4) is 0 Å². The van der Waals surface area contributed by atoms with Crippen LogP contribution in [-0.2, 0) is 0 Å². The van der Waals surface area contributed by atoms with Crippen LogP contribution in [0, 0.1) is 0 Å². The van der Waals surface area contributed by atoms with Crippen LogP contribution in [0.2, 0.25) is 0 Å². The zero-order valence-electron chi connectivity index (χ0n) is 21.2. The van der Waals surface area contributed by atoms with Gasteiger partial charge in [0.1, 0.15) is 0 Å². The second-order valence-corrected chi connectivity index (χ2v) is 20.9. The van der Waals surface area contributed by atoms with Crippen molar-refractivity contribution in [2.45, 2.75) is 157 Å². The zero-order chi connectivity index (χ0) is 21.6. The van der Waals surface area contributed by atoms with Gasteiger partial charge in [-0.05, 0) is 117 Å². The molecule has 0 unspecified atom stereocenters. The molecule has 0 amide bonds. The average molecular weight is 495 g/mol. The summed E-state index contributed by atoms with van der Waals surface area (Å²) in [5, 5.41) is 0. The molecule has 5 fully saturated rings. The van der Waals surface area contributed by atoms with E-state index in [4.69, 9.17) is 0 Å². The smallest absolute Gasteiger partial charge is 0.0207 e. The van der Waals surface area contributed by atoms with Gasteiger partial charge < -0.3 is 0 Å². The molecule has 0 aromatic carbocycles. The quantitative estimate of drug-likeness (QED) is 0.251. The van der Waals surface area contributed by atoms with Crippen molar-refractivity contribution < 1.29 is 0 Å². The van der Waals surface area contributed by atoms with Gasteiger partial charge in [0.05, 0.1) is 0 Å². The Morgan fingerprint density at radius 2 is 0.562 bits per heavy atom. The van der Waals surface area contributed by atoms with E-state index >= 15 is 0 Å². The summed E-state index contributed by atoms with van der Waals surface area (Å²) >= 11 is 0. The third-order valence-corrected chi connectivity index (χ3v) is 21.5. The highest BCUT2D eigenvalue weighted by atomic mass is 31.1. The molecule has 0 saturated heterocycles. The molecule has 32 heavy (non-hydrogen) atoms. The lowest BCUT2D eigenvalue weighted by Gasteiger charge is -2.35. The SMILES string of the molecule is C1CCC(P(CCP(C2CCCC2)C2CCCC2)CCP(C2CCCC2)C2CCCC2)C1. The second kappa shape index (κ2) is 13.0. The summed E-state index contributed by atoms with van der Waals surface area (Å²) in [6.07, 6.45) is 38.8. The molecule has 5 aliphatic carbocycles. The van der Waals surface area contributed by atoms with Gasteiger partial charge in [0, 0.05) is 0 Å². The van der Waals surface area contributed by atoms with Crippen LogP contribution >= 0.6 is 23.8 Å². The average Bonchev–Trinajstić information content (AvgIpc) is 3.66. The number of rotatable bonds is 11. The molecule has 0 spiro atoms. The third kappa shape index (κ3) is 6.53. The van der Waals surface area contributed by atoms with Crippen LogP contribution in [-0.4, -0.2) is 52.9 Å². The molecule has 0 N–H and O–H groups in total. The summed E-state index contributed by atoms with van der Waals surface area (Å²) in [5.41, 5.74) is 5.98. The predicted octanol–water partition coefficient (Wildman–Crippen LogP) is 10.1. The summed E-state index contributed by atoms with van der Waals surface area (Å²) in [4.78, 5) is 0. The molecule has 5 rings (SSSR count). The summed E-state index contributed by atoms with van der Waals surface area (Å²) < 4.78 is 0. The first-order chi connectivity index (χ1) is 15.9. The normalized spacial score (nSPS) is 27.5. The Morgan fingerprint density at radius 3 is 0.844 bits per heavy atom. The van der Waals surface area contributed by atoms with Gasteiger partial charge in [-0.3, -0.25) is 0 Å². The van der Waals surface area contributed by atoms with E-state index in [9.17, 15) is 0 Å². The molecular formula is C29H53P3. The highest BCUT2D eigenvalue weighted by Gasteiger charge is 2.36. The second-order valence-electron chi connectivity index (χ2n) is 12.2. The summed E-state index contributed by atoms with van der Waals surface area (Å²) in [7, 11) is 1.08. The Labute approximate surface area is 204 Å². The minimum atomic E-state index is 0.348. The molecule has 184 valence electrons. The molecule has 5 saturated carbocycles. The van der Waals surface area contributed by atoms with Gasteiger partial charge in [-0.25, -0.2) is 0 Å². The van der Waals surface area contributed by atoms with Crippen LogP contribution in [0.25, 0.3) is 0 Å². The van der Waals surface area contributed by atoms with Gasteiger partial charge in [-0.1, -0.05) is 80.1 Å². The lowest BCUT2D eigenvalue weighted by molar-refractivity contribution is 0.823. The first-order valence-corrected chi connectivity index (χ1v) is 20.3. The van der Waals surface area contributed by atoms with E-state index in [2.05, 4.69) is 0 Å². The molecule has 0 aromatic heterocycles. The molecule has 0 aromatic rings. The highest BCUT2D eigenvalue weighted by molar-refractivity contribution is 7.64. The fourth-order valence-corrected chi connectivity index (χ4v) is 21.2. The van der Waals surface area contributed by atoms with Gasteiger partial charge in [-0.2, -0.15) is 0 Å². The van der Waals surface area contributed by atoms with Crippen molar-refractivity contribution >= 4 is 23.8 Å². The van der Waals surface area contributed by atoms with Gasteiger partial charge in [-0.15, -0.1) is 7.92 Å². The minimum absolute atomic E-state index is 0.348. The Bertz CT molecular complexity index is 449. The molecule has 0 bridgehead atoms. The van der Waals surface area contributed by atoms with Gasteiger partial charge >= 0.3 is 0 Å². The van der Waals surface area contributed by atoms with E-state index in [1.54, 1.807) is 153 Å². The lowest BCUT2D eigenvalue weighted by Crippen LogP contribution is -2.18. The number of hydrogen-bond donors (Lipinski definition) is 0. The molecule has 3 heteroatoms. The van der Waals surface area contributed by atoms with Gasteiger partial charge in [0.2, 0.25) is 0 Å². The first kappa shape index (κ1) is 25.0. The zero-order valence-corrected chi connectivity index (χ0v) is 23.9. The van der Waals surface area contributed by atoms with Crippen LogP contribution < -0.4 is 0 Å². The fraction of sp³-hybridized carbons (Fsp3) is 1.00. The van der Waals surface area contributed by atoms with Crippen molar-refractivity contribution in [1.29, 1.82) is 0 Å². The minimum Gasteiger partial charge on any atom is -0.103 e. The van der Waals surface area contributed by atoms with E-state index in [0.717, 1.165) is 0 Å². The molecule has 0 radical (unpaired) electrons. The largest absolute Gasteiger partial charge is 0.103 e. The molecular weight excluding hydrogens is 441 g/mol. The van der Waals surface area contributed by atoms with E-state index in [-0.39, 0.29) is 0 Å². The van der Waals surface area contributed by atoms with Gasteiger partial charge in [0.15, 0.2) is 0 Å². The van der Waals surface area contributed by atoms with Gasteiger partial charge in [0.25, 0.3) is 0 Å². The van der Waals surface area contributed by atoms with Crippen molar-refractivity contribution in [3.63, 3.8) is 0 Å². The maximum atomic E-state index is 1.72. The standard InChI is InChI=1S/C29H53P3/c1-2-12-25(11-1)30(21-23-31(26-13-3-4-14-26)27-15-5-6-16-27)22-24-32(28-17-7-8-18-28)29-19-9-10-20-29/h25-29H,1-24H2. The van der Waals surface area contributed by atoms with Crippen LogP contribution in [0.1, 0.15) is 128 Å². The van der Waals surface area contributed by atoms with Crippen LogP contribution in [0.3, 0.4) is 0 Å². The Balaban J connectivity index is 1.21. The molecule has 0 heterocycles. The Hall–Kier alpha value is 1.29. The van der Waals surface area contributed by atoms with Crippen LogP contribution in [0.4, 0.5) is 0 Å². The highest BCUT2D eigenvalue weighted by Crippen LogP contribution is 2.62. The fourth-order valence-electron chi connectivity index (χ4n) is 8.50.